The summed E-state index contributed by atoms with van der Waals surface area (Å²) in [4.78, 5) is 13.9. The van der Waals surface area contributed by atoms with E-state index in [4.69, 9.17) is 4.98 Å². The van der Waals surface area contributed by atoms with Gasteiger partial charge >= 0.3 is 0 Å². The minimum Gasteiger partial charge on any atom is -0.353 e. The number of benzene rings is 1. The summed E-state index contributed by atoms with van der Waals surface area (Å²) in [6.07, 6.45) is 1.21. The van der Waals surface area contributed by atoms with Gasteiger partial charge in [0.15, 0.2) is 0 Å². The topological polar surface area (TPSA) is 44.3 Å². The molecule has 0 spiro atoms. The van der Waals surface area contributed by atoms with E-state index in [-0.39, 0.29) is 0 Å². The number of hydrogen-bond donors (Lipinski definition) is 1. The lowest BCUT2D eigenvalue weighted by Gasteiger charge is -2.30. The first-order chi connectivity index (χ1) is 11.6. The third-order valence-electron chi connectivity index (χ3n) is 5.07. The number of aryl methyl sites for hydroxylation is 1. The van der Waals surface area contributed by atoms with E-state index >= 15 is 0 Å². The van der Waals surface area contributed by atoms with Gasteiger partial charge in [-0.2, -0.15) is 4.98 Å². The van der Waals surface area contributed by atoms with Gasteiger partial charge in [0.1, 0.15) is 5.82 Å². The molecule has 1 saturated heterocycles. The number of likely N-dealkylation sites (N-methyl/N-ethyl adjacent to an activating group) is 1. The summed E-state index contributed by atoms with van der Waals surface area (Å²) in [6, 6.07) is 11.5. The number of aromatic nitrogens is 2. The Labute approximate surface area is 143 Å². The summed E-state index contributed by atoms with van der Waals surface area (Å²) in [5, 5.41) is 3.35. The van der Waals surface area contributed by atoms with Gasteiger partial charge in [0.25, 0.3) is 0 Å². The molecule has 1 aromatic carbocycles. The van der Waals surface area contributed by atoms with Crippen molar-refractivity contribution in [3.63, 3.8) is 0 Å². The maximum Gasteiger partial charge on any atom is 0.224 e. The van der Waals surface area contributed by atoms with Gasteiger partial charge in [-0.1, -0.05) is 24.3 Å². The summed E-state index contributed by atoms with van der Waals surface area (Å²) in [5.41, 5.74) is 4.03. The highest BCUT2D eigenvalue weighted by atomic mass is 15.3. The van der Waals surface area contributed by atoms with E-state index in [1.807, 2.05) is 6.92 Å². The van der Waals surface area contributed by atoms with E-state index in [1.54, 1.807) is 0 Å². The van der Waals surface area contributed by atoms with Gasteiger partial charge < -0.3 is 15.1 Å². The van der Waals surface area contributed by atoms with Crippen molar-refractivity contribution >= 4 is 11.8 Å². The molecular weight excluding hydrogens is 298 g/mol. The van der Waals surface area contributed by atoms with Gasteiger partial charge in [0.05, 0.1) is 6.04 Å². The number of rotatable bonds is 5. The number of hydrogen-bond acceptors (Lipinski definition) is 5. The molecule has 0 saturated carbocycles. The number of anilines is 2. The Morgan fingerprint density at radius 1 is 1.21 bits per heavy atom. The van der Waals surface area contributed by atoms with Crippen molar-refractivity contribution in [2.75, 3.05) is 43.9 Å². The fraction of sp³-hybridized carbons (Fsp3) is 0.474. The molecule has 1 fully saturated rings. The first kappa shape index (κ1) is 15.4. The Balaban J connectivity index is 1.56. The second-order valence-corrected chi connectivity index (χ2v) is 7.15. The molecule has 1 aromatic heterocycles. The molecule has 1 aliphatic heterocycles. The van der Waals surface area contributed by atoms with Crippen LogP contribution in [0.1, 0.15) is 35.2 Å². The smallest absolute Gasteiger partial charge is 0.224 e. The van der Waals surface area contributed by atoms with Crippen LogP contribution in [0.4, 0.5) is 11.8 Å². The van der Waals surface area contributed by atoms with Crippen LogP contribution in [-0.4, -0.2) is 48.6 Å². The van der Waals surface area contributed by atoms with Crippen LogP contribution in [0.15, 0.2) is 30.3 Å². The quantitative estimate of drug-likeness (QED) is 0.916. The zero-order valence-electron chi connectivity index (χ0n) is 14.7. The van der Waals surface area contributed by atoms with Gasteiger partial charge in [-0.3, -0.25) is 0 Å². The molecule has 2 aliphatic rings. The summed E-state index contributed by atoms with van der Waals surface area (Å²) in [7, 11) is 4.14. The molecule has 0 amide bonds. The summed E-state index contributed by atoms with van der Waals surface area (Å²) >= 11 is 0. The van der Waals surface area contributed by atoms with E-state index in [0.29, 0.717) is 12.0 Å². The zero-order chi connectivity index (χ0) is 16.7. The Kier molecular flexibility index (Phi) is 3.88. The van der Waals surface area contributed by atoms with Crippen LogP contribution in [0.2, 0.25) is 0 Å². The lowest BCUT2D eigenvalue weighted by molar-refractivity contribution is 0.425. The van der Waals surface area contributed by atoms with Gasteiger partial charge in [-0.05, 0) is 38.6 Å². The van der Waals surface area contributed by atoms with Gasteiger partial charge in [0, 0.05) is 37.3 Å². The third kappa shape index (κ3) is 2.73. The number of nitrogens with one attached hydrogen (secondary N) is 1. The van der Waals surface area contributed by atoms with Gasteiger partial charge in [-0.15, -0.1) is 0 Å². The fourth-order valence-corrected chi connectivity index (χ4v) is 3.96. The van der Waals surface area contributed by atoms with E-state index in [2.05, 4.69) is 64.5 Å². The van der Waals surface area contributed by atoms with Crippen molar-refractivity contribution in [3.05, 3.63) is 47.2 Å². The highest BCUT2D eigenvalue weighted by molar-refractivity contribution is 5.55. The average Bonchev–Trinajstić information content (AvgIpc) is 3.13. The number of fused-ring (bicyclic) bond motifs is 5. The van der Waals surface area contributed by atoms with Crippen molar-refractivity contribution in [2.24, 2.45) is 0 Å². The molecule has 2 atom stereocenters. The standard InChI is InChI=1S/C19H25N5/c1-13-10-18(22-19(21-13)20-8-9-23(2)3)24-12-14-11-17(24)16-7-5-4-6-15(14)16/h4-7,10,14,17H,8-9,11-12H2,1-3H3,(H,20,21,22)/t14-,17+/m1/s1. The lowest BCUT2D eigenvalue weighted by atomic mass is 9.99. The van der Waals surface area contributed by atoms with Crippen LogP contribution < -0.4 is 10.2 Å². The Morgan fingerprint density at radius 3 is 2.79 bits per heavy atom. The van der Waals surface area contributed by atoms with Crippen LogP contribution in [0.5, 0.6) is 0 Å². The Hall–Kier alpha value is -2.14. The maximum absolute atomic E-state index is 4.79. The molecule has 0 unspecified atom stereocenters. The van der Waals surface area contributed by atoms with Crippen LogP contribution in [0.3, 0.4) is 0 Å². The molecule has 5 nitrogen and oxygen atoms in total. The van der Waals surface area contributed by atoms with Crippen molar-refractivity contribution in [1.82, 2.24) is 14.9 Å². The maximum atomic E-state index is 4.79. The monoisotopic (exact) mass is 323 g/mol. The Morgan fingerprint density at radius 2 is 2.00 bits per heavy atom. The van der Waals surface area contributed by atoms with Crippen molar-refractivity contribution in [2.45, 2.75) is 25.3 Å². The third-order valence-corrected chi connectivity index (χ3v) is 5.07. The molecule has 2 aromatic rings. The average molecular weight is 323 g/mol. The predicted molar refractivity (Wildman–Crippen MR) is 97.7 cm³/mol. The van der Waals surface area contributed by atoms with E-state index in [1.165, 1.54) is 17.5 Å². The number of nitrogens with zero attached hydrogens (tertiary/aromatic N) is 4. The first-order valence-corrected chi connectivity index (χ1v) is 8.71. The van der Waals surface area contributed by atoms with Crippen molar-refractivity contribution in [1.29, 1.82) is 0 Å². The second kappa shape index (κ2) is 6.06. The molecule has 24 heavy (non-hydrogen) atoms. The lowest BCUT2D eigenvalue weighted by Crippen LogP contribution is -2.28. The van der Waals surface area contributed by atoms with Crippen LogP contribution in [-0.2, 0) is 0 Å². The van der Waals surface area contributed by atoms with Crippen LogP contribution in [0, 0.1) is 6.92 Å². The molecule has 1 aliphatic carbocycles. The zero-order valence-corrected chi connectivity index (χ0v) is 14.7. The highest BCUT2D eigenvalue weighted by Crippen LogP contribution is 2.51. The fourth-order valence-electron chi connectivity index (χ4n) is 3.96. The Bertz CT molecular complexity index is 742. The van der Waals surface area contributed by atoms with Gasteiger partial charge in [0.2, 0.25) is 5.95 Å². The highest BCUT2D eigenvalue weighted by Gasteiger charge is 2.42. The van der Waals surface area contributed by atoms with Crippen molar-refractivity contribution < 1.29 is 0 Å². The van der Waals surface area contributed by atoms with E-state index in [9.17, 15) is 0 Å². The first-order valence-electron chi connectivity index (χ1n) is 8.71. The molecule has 1 N–H and O–H groups in total. The van der Waals surface area contributed by atoms with Gasteiger partial charge in [-0.25, -0.2) is 4.98 Å². The predicted octanol–water partition coefficient (Wildman–Crippen LogP) is 2.81. The molecule has 126 valence electrons. The molecule has 4 rings (SSSR count). The molecule has 2 heterocycles. The largest absolute Gasteiger partial charge is 0.353 e. The minimum atomic E-state index is 0.468. The molecular formula is C19H25N5. The van der Waals surface area contributed by atoms with Crippen LogP contribution >= 0.6 is 0 Å². The normalized spacial score (nSPS) is 21.4. The van der Waals surface area contributed by atoms with Crippen molar-refractivity contribution in [3.8, 4) is 0 Å². The molecule has 0 radical (unpaired) electrons. The summed E-state index contributed by atoms with van der Waals surface area (Å²) in [6.45, 7) is 4.93. The minimum absolute atomic E-state index is 0.468. The second-order valence-electron chi connectivity index (χ2n) is 7.15. The summed E-state index contributed by atoms with van der Waals surface area (Å²) in [5.74, 6) is 2.44. The van der Waals surface area contributed by atoms with E-state index < -0.39 is 0 Å². The summed E-state index contributed by atoms with van der Waals surface area (Å²) < 4.78 is 0. The van der Waals surface area contributed by atoms with Crippen LogP contribution in [0.25, 0.3) is 0 Å². The SMILES string of the molecule is Cc1cc(N2C[C@H]3C[C@H]2c2ccccc23)nc(NCCN(C)C)n1. The molecule has 2 bridgehead atoms. The van der Waals surface area contributed by atoms with E-state index in [0.717, 1.165) is 37.1 Å². The molecule has 5 heteroatoms.